The molecule has 1 atom stereocenters. The standard InChI is InChI=1S/C13H16BrF2NO2S/c1-2-3-9-4-5-17(8-9)20(18,19)13-11(14)6-10(15)7-12(13)16/h6-7,9H,2-5,8H2,1H3. The van der Waals surface area contributed by atoms with Crippen molar-refractivity contribution < 1.29 is 17.2 Å². The highest BCUT2D eigenvalue weighted by molar-refractivity contribution is 9.10. The lowest BCUT2D eigenvalue weighted by Crippen LogP contribution is -2.30. The second-order valence-corrected chi connectivity index (χ2v) is 7.73. The summed E-state index contributed by atoms with van der Waals surface area (Å²) in [5.74, 6) is -1.55. The summed E-state index contributed by atoms with van der Waals surface area (Å²) in [7, 11) is -3.92. The smallest absolute Gasteiger partial charge is 0.207 e. The van der Waals surface area contributed by atoms with Gasteiger partial charge in [-0.3, -0.25) is 0 Å². The zero-order valence-corrected chi connectivity index (χ0v) is 13.5. The van der Waals surface area contributed by atoms with E-state index < -0.39 is 26.6 Å². The van der Waals surface area contributed by atoms with Crippen LogP contribution in [0.1, 0.15) is 26.2 Å². The molecule has 1 aromatic carbocycles. The Morgan fingerprint density at radius 3 is 2.70 bits per heavy atom. The van der Waals surface area contributed by atoms with Gasteiger partial charge in [0.15, 0.2) is 0 Å². The molecule has 1 aromatic rings. The van der Waals surface area contributed by atoms with Crippen LogP contribution in [0.5, 0.6) is 0 Å². The minimum absolute atomic E-state index is 0.0751. The lowest BCUT2D eigenvalue weighted by molar-refractivity contribution is 0.439. The van der Waals surface area contributed by atoms with Crippen LogP contribution in [0.3, 0.4) is 0 Å². The minimum Gasteiger partial charge on any atom is -0.207 e. The van der Waals surface area contributed by atoms with Crippen molar-refractivity contribution in [1.82, 2.24) is 4.31 Å². The lowest BCUT2D eigenvalue weighted by Gasteiger charge is -2.18. The van der Waals surface area contributed by atoms with Gasteiger partial charge in [0.25, 0.3) is 0 Å². The van der Waals surface area contributed by atoms with Gasteiger partial charge in [-0.15, -0.1) is 0 Å². The Morgan fingerprint density at radius 1 is 1.40 bits per heavy atom. The van der Waals surface area contributed by atoms with Crippen LogP contribution in [0.15, 0.2) is 21.5 Å². The number of halogens is 3. The Kier molecular flexibility index (Phi) is 4.81. The van der Waals surface area contributed by atoms with E-state index in [0.717, 1.165) is 25.3 Å². The van der Waals surface area contributed by atoms with E-state index in [1.54, 1.807) is 0 Å². The van der Waals surface area contributed by atoms with Gasteiger partial charge in [-0.2, -0.15) is 4.31 Å². The highest BCUT2D eigenvalue weighted by atomic mass is 79.9. The molecule has 1 unspecified atom stereocenters. The molecule has 1 fully saturated rings. The van der Waals surface area contributed by atoms with Crippen molar-refractivity contribution in [2.75, 3.05) is 13.1 Å². The van der Waals surface area contributed by atoms with E-state index in [4.69, 9.17) is 0 Å². The zero-order chi connectivity index (χ0) is 14.9. The summed E-state index contributed by atoms with van der Waals surface area (Å²) in [6.07, 6.45) is 2.74. The molecule has 2 rings (SSSR count). The largest absolute Gasteiger partial charge is 0.247 e. The SMILES string of the molecule is CCCC1CCN(S(=O)(=O)c2c(F)cc(F)cc2Br)C1. The Morgan fingerprint density at radius 2 is 2.10 bits per heavy atom. The summed E-state index contributed by atoms with van der Waals surface area (Å²) in [6.45, 7) is 2.84. The van der Waals surface area contributed by atoms with Gasteiger partial charge in [-0.1, -0.05) is 13.3 Å². The first-order valence-electron chi connectivity index (χ1n) is 6.51. The molecule has 0 N–H and O–H groups in total. The Hall–Kier alpha value is -0.530. The molecule has 7 heteroatoms. The fourth-order valence-corrected chi connectivity index (χ4v) is 5.21. The number of hydrogen-bond acceptors (Lipinski definition) is 2. The monoisotopic (exact) mass is 367 g/mol. The van der Waals surface area contributed by atoms with E-state index in [-0.39, 0.29) is 4.47 Å². The average molecular weight is 368 g/mol. The van der Waals surface area contributed by atoms with Crippen molar-refractivity contribution in [3.05, 3.63) is 28.2 Å². The van der Waals surface area contributed by atoms with Crippen molar-refractivity contribution in [3.8, 4) is 0 Å². The van der Waals surface area contributed by atoms with Crippen molar-refractivity contribution in [1.29, 1.82) is 0 Å². The lowest BCUT2D eigenvalue weighted by atomic mass is 10.0. The summed E-state index contributed by atoms with van der Waals surface area (Å²) in [6, 6.07) is 1.56. The molecule has 1 aliphatic heterocycles. The fourth-order valence-electron chi connectivity index (χ4n) is 2.56. The van der Waals surface area contributed by atoms with Crippen molar-refractivity contribution in [3.63, 3.8) is 0 Å². The number of hydrogen-bond donors (Lipinski definition) is 0. The van der Waals surface area contributed by atoms with Crippen molar-refractivity contribution >= 4 is 26.0 Å². The third kappa shape index (κ3) is 3.04. The number of nitrogens with zero attached hydrogens (tertiary/aromatic N) is 1. The van der Waals surface area contributed by atoms with Crippen LogP contribution in [0.4, 0.5) is 8.78 Å². The van der Waals surface area contributed by atoms with Crippen LogP contribution >= 0.6 is 15.9 Å². The zero-order valence-electron chi connectivity index (χ0n) is 11.1. The highest BCUT2D eigenvalue weighted by Gasteiger charge is 2.35. The summed E-state index contributed by atoms with van der Waals surface area (Å²) in [4.78, 5) is -0.476. The van der Waals surface area contributed by atoms with E-state index in [0.29, 0.717) is 25.1 Å². The van der Waals surface area contributed by atoms with Crippen LogP contribution in [-0.4, -0.2) is 25.8 Å². The van der Waals surface area contributed by atoms with Crippen LogP contribution in [0, 0.1) is 17.6 Å². The predicted molar refractivity (Wildman–Crippen MR) is 75.8 cm³/mol. The van der Waals surface area contributed by atoms with Crippen LogP contribution in [0.25, 0.3) is 0 Å². The third-order valence-corrected chi connectivity index (χ3v) is 6.34. The van der Waals surface area contributed by atoms with E-state index in [2.05, 4.69) is 15.9 Å². The van der Waals surface area contributed by atoms with Gasteiger partial charge in [0.2, 0.25) is 10.0 Å². The molecule has 0 spiro atoms. The van der Waals surface area contributed by atoms with Crippen LogP contribution in [0.2, 0.25) is 0 Å². The molecule has 0 bridgehead atoms. The maximum absolute atomic E-state index is 13.8. The molecule has 0 aliphatic carbocycles. The maximum atomic E-state index is 13.8. The number of sulfonamides is 1. The fraction of sp³-hybridized carbons (Fsp3) is 0.538. The number of benzene rings is 1. The molecule has 0 aromatic heterocycles. The minimum atomic E-state index is -3.92. The molecular weight excluding hydrogens is 352 g/mol. The van der Waals surface area contributed by atoms with E-state index in [1.165, 1.54) is 4.31 Å². The van der Waals surface area contributed by atoms with Crippen molar-refractivity contribution in [2.24, 2.45) is 5.92 Å². The number of rotatable bonds is 4. The topological polar surface area (TPSA) is 37.4 Å². The summed E-state index contributed by atoms with van der Waals surface area (Å²) in [5.41, 5.74) is 0. The first-order valence-corrected chi connectivity index (χ1v) is 8.74. The predicted octanol–water partition coefficient (Wildman–Crippen LogP) is 3.54. The van der Waals surface area contributed by atoms with Gasteiger partial charge in [0, 0.05) is 23.6 Å². The van der Waals surface area contributed by atoms with Gasteiger partial charge in [0.05, 0.1) is 0 Å². The molecule has 112 valence electrons. The van der Waals surface area contributed by atoms with Gasteiger partial charge in [-0.05, 0) is 40.8 Å². The molecule has 0 amide bonds. The van der Waals surface area contributed by atoms with E-state index in [9.17, 15) is 17.2 Å². The Balaban J connectivity index is 2.33. The third-order valence-electron chi connectivity index (χ3n) is 3.51. The normalized spacial score (nSPS) is 20.5. The highest BCUT2D eigenvalue weighted by Crippen LogP contribution is 2.32. The Bertz CT molecular complexity index is 583. The van der Waals surface area contributed by atoms with E-state index in [1.807, 2.05) is 6.92 Å². The molecule has 1 aliphatic rings. The molecule has 1 saturated heterocycles. The van der Waals surface area contributed by atoms with Crippen LogP contribution < -0.4 is 0 Å². The second-order valence-electron chi connectivity index (χ2n) is 5.00. The van der Waals surface area contributed by atoms with Gasteiger partial charge in [-0.25, -0.2) is 17.2 Å². The van der Waals surface area contributed by atoms with Crippen LogP contribution in [-0.2, 0) is 10.0 Å². The van der Waals surface area contributed by atoms with Crippen molar-refractivity contribution in [2.45, 2.75) is 31.1 Å². The Labute approximate surface area is 126 Å². The average Bonchev–Trinajstić information content (AvgIpc) is 2.76. The molecule has 0 radical (unpaired) electrons. The van der Waals surface area contributed by atoms with E-state index >= 15 is 0 Å². The van der Waals surface area contributed by atoms with Gasteiger partial charge < -0.3 is 0 Å². The van der Waals surface area contributed by atoms with Gasteiger partial charge in [0.1, 0.15) is 16.5 Å². The summed E-state index contributed by atoms with van der Waals surface area (Å²) in [5, 5.41) is 0. The molecular formula is C13H16BrF2NO2S. The molecule has 1 heterocycles. The summed E-state index contributed by atoms with van der Waals surface area (Å²) < 4.78 is 53.0. The molecule has 3 nitrogen and oxygen atoms in total. The molecule has 20 heavy (non-hydrogen) atoms. The first kappa shape index (κ1) is 15.9. The summed E-state index contributed by atoms with van der Waals surface area (Å²) >= 11 is 2.94. The second kappa shape index (κ2) is 6.07. The molecule has 0 saturated carbocycles. The van der Waals surface area contributed by atoms with Gasteiger partial charge >= 0.3 is 0 Å². The quantitative estimate of drug-likeness (QED) is 0.815. The first-order chi connectivity index (χ1) is 9.36. The maximum Gasteiger partial charge on any atom is 0.247 e.